The summed E-state index contributed by atoms with van der Waals surface area (Å²) in [5, 5.41) is 12.7. The fourth-order valence-electron chi connectivity index (χ4n) is 4.73. The molecule has 1 spiro atoms. The highest BCUT2D eigenvalue weighted by atomic mass is 19.1. The quantitative estimate of drug-likeness (QED) is 0.557. The van der Waals surface area contributed by atoms with E-state index in [1.54, 1.807) is 34.1 Å². The molecule has 2 aliphatic heterocycles. The van der Waals surface area contributed by atoms with Crippen LogP contribution in [0.2, 0.25) is 0 Å². The molecule has 2 saturated heterocycles. The van der Waals surface area contributed by atoms with E-state index < -0.39 is 5.41 Å². The second kappa shape index (κ2) is 8.57. The number of amides is 3. The fourth-order valence-corrected chi connectivity index (χ4v) is 4.73. The van der Waals surface area contributed by atoms with Crippen molar-refractivity contribution in [1.82, 2.24) is 10.2 Å². The Morgan fingerprint density at radius 2 is 1.77 bits per heavy atom. The first-order valence-corrected chi connectivity index (χ1v) is 10.9. The first kappa shape index (κ1) is 21.2. The van der Waals surface area contributed by atoms with E-state index in [-0.39, 0.29) is 29.5 Å². The molecule has 0 aliphatic carbocycles. The Morgan fingerprint density at radius 3 is 2.39 bits per heavy atom. The lowest BCUT2D eigenvalue weighted by molar-refractivity contribution is -0.144. The maximum Gasteiger partial charge on any atom is 0.317 e. The predicted molar refractivity (Wildman–Crippen MR) is 116 cm³/mol. The van der Waals surface area contributed by atoms with Crippen LogP contribution >= 0.6 is 0 Å². The topological polar surface area (TPSA) is 72.9 Å². The minimum Gasteiger partial charge on any atom is -0.508 e. The maximum absolute atomic E-state index is 13.4. The van der Waals surface area contributed by atoms with Crippen LogP contribution in [0.4, 0.5) is 14.9 Å². The summed E-state index contributed by atoms with van der Waals surface area (Å²) >= 11 is 0. The number of halogens is 1. The molecular formula is C24H28FN3O3. The number of carbonyl (C=O) groups excluding carboxylic acids is 2. The summed E-state index contributed by atoms with van der Waals surface area (Å²) in [5.41, 5.74) is 0.961. The van der Waals surface area contributed by atoms with Gasteiger partial charge in [0.05, 0.1) is 11.5 Å². The maximum atomic E-state index is 13.4. The summed E-state index contributed by atoms with van der Waals surface area (Å²) in [6.07, 6.45) is 3.09. The molecule has 0 aromatic heterocycles. The first-order valence-electron chi connectivity index (χ1n) is 10.9. The Morgan fingerprint density at radius 1 is 1.13 bits per heavy atom. The van der Waals surface area contributed by atoms with Crippen molar-refractivity contribution >= 4 is 17.6 Å². The summed E-state index contributed by atoms with van der Waals surface area (Å²) in [6.45, 7) is 3.75. The summed E-state index contributed by atoms with van der Waals surface area (Å²) in [7, 11) is 0. The van der Waals surface area contributed by atoms with Gasteiger partial charge in [-0.05, 0) is 61.2 Å². The molecule has 2 N–H and O–H groups in total. The monoisotopic (exact) mass is 425 g/mol. The molecule has 1 atom stereocenters. The van der Waals surface area contributed by atoms with Gasteiger partial charge >= 0.3 is 6.03 Å². The minimum absolute atomic E-state index is 0.00299. The van der Waals surface area contributed by atoms with E-state index in [2.05, 4.69) is 12.2 Å². The standard InChI is InChI=1S/C24H28FN3O3/c1-2-3-14-26-23(31)27-15-12-24(13-16-27)21(17-4-10-20(29)11-5-17)28(22(24)30)19-8-6-18(25)7-9-19/h4-11,21,29H,2-3,12-16H2,1H3,(H,26,31). The number of hydrogen-bond donors (Lipinski definition) is 2. The van der Waals surface area contributed by atoms with Gasteiger partial charge in [-0.1, -0.05) is 25.5 Å². The summed E-state index contributed by atoms with van der Waals surface area (Å²) in [6, 6.07) is 12.5. The van der Waals surface area contributed by atoms with Crippen LogP contribution in [0, 0.1) is 11.2 Å². The van der Waals surface area contributed by atoms with Crippen LogP contribution in [0.5, 0.6) is 5.75 Å². The van der Waals surface area contributed by atoms with Crippen molar-refractivity contribution in [3.63, 3.8) is 0 Å². The predicted octanol–water partition coefficient (Wildman–Crippen LogP) is 4.21. The van der Waals surface area contributed by atoms with Crippen LogP contribution in [0.25, 0.3) is 0 Å². The molecular weight excluding hydrogens is 397 g/mol. The molecule has 4 rings (SSSR count). The number of aromatic hydroxyl groups is 1. The first-order chi connectivity index (χ1) is 15.0. The number of benzene rings is 2. The van der Waals surface area contributed by atoms with Crippen molar-refractivity contribution in [2.75, 3.05) is 24.5 Å². The average Bonchev–Trinajstić information content (AvgIpc) is 2.79. The van der Waals surface area contributed by atoms with Crippen LogP contribution in [0.3, 0.4) is 0 Å². The van der Waals surface area contributed by atoms with E-state index in [9.17, 15) is 19.1 Å². The third-order valence-electron chi connectivity index (χ3n) is 6.49. The van der Waals surface area contributed by atoms with E-state index in [1.165, 1.54) is 12.1 Å². The van der Waals surface area contributed by atoms with Gasteiger partial charge in [-0.3, -0.25) is 4.79 Å². The summed E-state index contributed by atoms with van der Waals surface area (Å²) < 4.78 is 13.4. The minimum atomic E-state index is -0.606. The fraction of sp³-hybridized carbons (Fsp3) is 0.417. The van der Waals surface area contributed by atoms with Gasteiger partial charge in [-0.25, -0.2) is 9.18 Å². The molecule has 3 amide bonds. The van der Waals surface area contributed by atoms with Crippen molar-refractivity contribution in [1.29, 1.82) is 0 Å². The Kier molecular flexibility index (Phi) is 5.85. The number of phenols is 1. The second-order valence-electron chi connectivity index (χ2n) is 8.37. The highest BCUT2D eigenvalue weighted by molar-refractivity contribution is 6.06. The van der Waals surface area contributed by atoms with Crippen LogP contribution in [0.15, 0.2) is 48.5 Å². The number of phenolic OH excluding ortho intramolecular Hbond substituents is 1. The zero-order valence-electron chi connectivity index (χ0n) is 17.7. The number of rotatable bonds is 5. The number of likely N-dealkylation sites (tertiary alicyclic amines) is 1. The molecule has 31 heavy (non-hydrogen) atoms. The van der Waals surface area contributed by atoms with Gasteiger partial charge in [0.1, 0.15) is 11.6 Å². The van der Waals surface area contributed by atoms with Crippen LogP contribution in [-0.4, -0.2) is 41.6 Å². The van der Waals surface area contributed by atoms with E-state index >= 15 is 0 Å². The lowest BCUT2D eigenvalue weighted by Crippen LogP contribution is -2.67. The van der Waals surface area contributed by atoms with E-state index in [0.29, 0.717) is 38.2 Å². The molecule has 1 unspecified atom stereocenters. The van der Waals surface area contributed by atoms with Crippen LogP contribution in [-0.2, 0) is 4.79 Å². The third kappa shape index (κ3) is 3.84. The second-order valence-corrected chi connectivity index (χ2v) is 8.37. The molecule has 7 heteroatoms. The zero-order chi connectivity index (χ0) is 22.0. The number of urea groups is 1. The van der Waals surface area contributed by atoms with Crippen molar-refractivity contribution in [3.8, 4) is 5.75 Å². The van der Waals surface area contributed by atoms with E-state index in [4.69, 9.17) is 0 Å². The number of piperidine rings is 1. The zero-order valence-corrected chi connectivity index (χ0v) is 17.7. The molecule has 2 aromatic rings. The normalized spacial score (nSPS) is 19.9. The highest BCUT2D eigenvalue weighted by Crippen LogP contribution is 2.57. The number of nitrogens with one attached hydrogen (secondary N) is 1. The number of anilines is 1. The smallest absolute Gasteiger partial charge is 0.317 e. The molecule has 2 fully saturated rings. The van der Waals surface area contributed by atoms with Crippen LogP contribution in [0.1, 0.15) is 44.2 Å². The Balaban J connectivity index is 1.56. The SMILES string of the molecule is CCCCNC(=O)N1CCC2(CC1)C(=O)N(c1ccc(F)cc1)C2c1ccc(O)cc1. The highest BCUT2D eigenvalue weighted by Gasteiger charge is 2.62. The number of nitrogens with zero attached hydrogens (tertiary/aromatic N) is 2. The number of β-lactam (4-membered cyclic amide) rings is 1. The lowest BCUT2D eigenvalue weighted by Gasteiger charge is -2.59. The van der Waals surface area contributed by atoms with E-state index in [1.807, 2.05) is 12.1 Å². The molecule has 2 aromatic carbocycles. The molecule has 6 nitrogen and oxygen atoms in total. The van der Waals surface area contributed by atoms with Gasteiger partial charge < -0.3 is 20.2 Å². The molecule has 2 aliphatic rings. The van der Waals surface area contributed by atoms with Gasteiger partial charge in [0.25, 0.3) is 0 Å². The number of hydrogen-bond acceptors (Lipinski definition) is 3. The molecule has 164 valence electrons. The molecule has 2 heterocycles. The average molecular weight is 426 g/mol. The number of carbonyl (C=O) groups is 2. The Bertz CT molecular complexity index is 938. The van der Waals surface area contributed by atoms with E-state index in [0.717, 1.165) is 18.4 Å². The summed E-state index contributed by atoms with van der Waals surface area (Å²) in [5.74, 6) is -0.186. The lowest BCUT2D eigenvalue weighted by atomic mass is 9.62. The van der Waals surface area contributed by atoms with Crippen LogP contribution < -0.4 is 10.2 Å². The Hall–Kier alpha value is -3.09. The van der Waals surface area contributed by atoms with Crippen molar-refractivity contribution in [2.24, 2.45) is 5.41 Å². The molecule has 0 saturated carbocycles. The third-order valence-corrected chi connectivity index (χ3v) is 6.49. The largest absolute Gasteiger partial charge is 0.508 e. The molecule has 0 radical (unpaired) electrons. The van der Waals surface area contributed by atoms with Gasteiger partial charge in [0.15, 0.2) is 0 Å². The summed E-state index contributed by atoms with van der Waals surface area (Å²) in [4.78, 5) is 29.4. The van der Waals surface area contributed by atoms with Crippen molar-refractivity contribution in [3.05, 3.63) is 59.9 Å². The van der Waals surface area contributed by atoms with Crippen molar-refractivity contribution in [2.45, 2.75) is 38.6 Å². The van der Waals surface area contributed by atoms with Gasteiger partial charge in [0.2, 0.25) is 5.91 Å². The Labute approximate surface area is 181 Å². The van der Waals surface area contributed by atoms with Gasteiger partial charge in [-0.15, -0.1) is 0 Å². The van der Waals surface area contributed by atoms with Crippen molar-refractivity contribution < 1.29 is 19.1 Å². The van der Waals surface area contributed by atoms with Gasteiger partial charge in [0, 0.05) is 25.3 Å². The van der Waals surface area contributed by atoms with Gasteiger partial charge in [-0.2, -0.15) is 0 Å². The number of unbranched alkanes of at least 4 members (excludes halogenated alkanes) is 1. The molecule has 0 bridgehead atoms.